The van der Waals surface area contributed by atoms with Crippen molar-refractivity contribution in [1.82, 2.24) is 15.1 Å². The first-order chi connectivity index (χ1) is 16.7. The molecular weight excluding hydrogens is 428 g/mol. The number of amides is 1. The number of benzene rings is 3. The van der Waals surface area contributed by atoms with E-state index in [-0.39, 0.29) is 17.2 Å². The van der Waals surface area contributed by atoms with Crippen LogP contribution < -0.4 is 20.9 Å². The Bertz CT molecular complexity index is 1330. The molecule has 0 aliphatic heterocycles. The Hall–Kier alpha value is -4.39. The third kappa shape index (κ3) is 5.15. The molecule has 7 heteroatoms. The first-order valence-electron chi connectivity index (χ1n) is 11.2. The molecular formula is C27H24N4O3. The summed E-state index contributed by atoms with van der Waals surface area (Å²) in [5, 5.41) is 10.5. The molecule has 0 radical (unpaired) electrons. The maximum absolute atomic E-state index is 13.4. The average Bonchev–Trinajstić information content (AvgIpc) is 3.69. The number of nitrogens with one attached hydrogen (secondary N) is 2. The number of hydrogen-bond acceptors (Lipinski definition) is 5. The topological polar surface area (TPSA) is 85.2 Å². The van der Waals surface area contributed by atoms with Crippen LogP contribution in [-0.4, -0.2) is 21.7 Å². The predicted molar refractivity (Wildman–Crippen MR) is 131 cm³/mol. The highest BCUT2D eigenvalue weighted by Gasteiger charge is 2.23. The lowest BCUT2D eigenvalue weighted by Crippen LogP contribution is -2.26. The van der Waals surface area contributed by atoms with Crippen molar-refractivity contribution in [2.45, 2.75) is 25.4 Å². The van der Waals surface area contributed by atoms with Crippen molar-refractivity contribution in [3.63, 3.8) is 0 Å². The van der Waals surface area contributed by atoms with Crippen LogP contribution in [0.25, 0.3) is 0 Å². The Balaban J connectivity index is 1.44. The second-order valence-electron chi connectivity index (χ2n) is 8.20. The van der Waals surface area contributed by atoms with Crippen molar-refractivity contribution in [2.75, 3.05) is 5.32 Å². The number of anilines is 2. The van der Waals surface area contributed by atoms with Crippen LogP contribution in [0, 0.1) is 0 Å². The van der Waals surface area contributed by atoms with Gasteiger partial charge in [0.05, 0.1) is 12.7 Å². The normalized spacial score (nSPS) is 12.7. The van der Waals surface area contributed by atoms with Crippen molar-refractivity contribution in [3.05, 3.63) is 113 Å². The summed E-state index contributed by atoms with van der Waals surface area (Å²) in [7, 11) is 0. The molecule has 0 bridgehead atoms. The lowest BCUT2D eigenvalue weighted by atomic mass is 10.2. The molecule has 7 nitrogen and oxygen atoms in total. The van der Waals surface area contributed by atoms with Crippen LogP contribution in [0.15, 0.2) is 95.9 Å². The first kappa shape index (κ1) is 21.5. The zero-order valence-corrected chi connectivity index (χ0v) is 18.5. The van der Waals surface area contributed by atoms with Crippen LogP contribution in [-0.2, 0) is 6.54 Å². The summed E-state index contributed by atoms with van der Waals surface area (Å²) < 4.78 is 7.37. The number of rotatable bonds is 8. The lowest BCUT2D eigenvalue weighted by Gasteiger charge is -2.15. The Morgan fingerprint density at radius 2 is 1.62 bits per heavy atom. The molecule has 1 fully saturated rings. The van der Waals surface area contributed by atoms with Gasteiger partial charge in [-0.15, -0.1) is 0 Å². The quantitative estimate of drug-likeness (QED) is 0.404. The maximum atomic E-state index is 13.4. The molecule has 1 aromatic heterocycles. The predicted octanol–water partition coefficient (Wildman–Crippen LogP) is 4.72. The van der Waals surface area contributed by atoms with Gasteiger partial charge in [-0.05, 0) is 54.8 Å². The molecule has 1 aliphatic rings. The Labute approximate surface area is 197 Å². The minimum atomic E-state index is -0.312. The fraction of sp³-hybridized carbons (Fsp3) is 0.148. The van der Waals surface area contributed by atoms with E-state index in [4.69, 9.17) is 4.74 Å². The van der Waals surface area contributed by atoms with E-state index in [0.717, 1.165) is 18.4 Å². The van der Waals surface area contributed by atoms with Crippen molar-refractivity contribution < 1.29 is 9.53 Å². The number of carbonyl (C=O) groups excluding carboxylic acids is 1. The summed E-state index contributed by atoms with van der Waals surface area (Å²) >= 11 is 0. The maximum Gasteiger partial charge on any atom is 0.294 e. The summed E-state index contributed by atoms with van der Waals surface area (Å²) in [5.74, 6) is 0.826. The molecule has 170 valence electrons. The molecule has 1 saturated carbocycles. The summed E-state index contributed by atoms with van der Waals surface area (Å²) in [6.07, 6.45) is 3.61. The van der Waals surface area contributed by atoms with Crippen molar-refractivity contribution in [1.29, 1.82) is 0 Å². The number of ether oxygens (including phenoxy) is 1. The molecule has 1 aliphatic carbocycles. The van der Waals surface area contributed by atoms with Gasteiger partial charge in [-0.3, -0.25) is 9.59 Å². The molecule has 2 N–H and O–H groups in total. The van der Waals surface area contributed by atoms with E-state index >= 15 is 0 Å². The van der Waals surface area contributed by atoms with E-state index in [0.29, 0.717) is 35.3 Å². The minimum absolute atomic E-state index is 0.0868. The van der Waals surface area contributed by atoms with Gasteiger partial charge in [0, 0.05) is 17.3 Å². The van der Waals surface area contributed by atoms with Gasteiger partial charge in [-0.25, -0.2) is 4.68 Å². The van der Waals surface area contributed by atoms with Gasteiger partial charge < -0.3 is 15.4 Å². The Morgan fingerprint density at radius 3 is 2.29 bits per heavy atom. The molecule has 4 aromatic rings. The van der Waals surface area contributed by atoms with E-state index in [9.17, 15) is 9.59 Å². The standard InChI is InChI=1S/C27H24N4O3/c32-26(30-22-15-16-22)20-11-13-21(14-12-20)29-25-24(34-23-9-5-2-6-10-23)17-28-31(27(25)33)18-19-7-3-1-4-8-19/h1-14,17,22,29H,15-16,18H2,(H,30,32). The van der Waals surface area contributed by atoms with Crippen molar-refractivity contribution in [2.24, 2.45) is 0 Å². The molecule has 5 rings (SSSR count). The Morgan fingerprint density at radius 1 is 0.941 bits per heavy atom. The van der Waals surface area contributed by atoms with E-state index < -0.39 is 0 Å². The second-order valence-corrected chi connectivity index (χ2v) is 8.20. The van der Waals surface area contributed by atoms with Gasteiger partial charge in [0.1, 0.15) is 5.75 Å². The van der Waals surface area contributed by atoms with Gasteiger partial charge in [0.15, 0.2) is 11.4 Å². The molecule has 0 saturated heterocycles. The third-order valence-corrected chi connectivity index (χ3v) is 5.48. The van der Waals surface area contributed by atoms with E-state index in [1.165, 1.54) is 10.9 Å². The molecule has 0 unspecified atom stereocenters. The molecule has 1 amide bonds. The molecule has 1 heterocycles. The highest BCUT2D eigenvalue weighted by Crippen LogP contribution is 2.28. The van der Waals surface area contributed by atoms with Crippen molar-refractivity contribution in [3.8, 4) is 11.5 Å². The number of hydrogen-bond donors (Lipinski definition) is 2. The smallest absolute Gasteiger partial charge is 0.294 e. The number of carbonyl (C=O) groups is 1. The molecule has 34 heavy (non-hydrogen) atoms. The van der Waals surface area contributed by atoms with Crippen LogP contribution in [0.5, 0.6) is 11.5 Å². The fourth-order valence-corrected chi connectivity index (χ4v) is 3.50. The Kier molecular flexibility index (Phi) is 6.07. The molecule has 0 spiro atoms. The highest BCUT2D eigenvalue weighted by molar-refractivity contribution is 5.95. The first-order valence-corrected chi connectivity index (χ1v) is 11.2. The van der Waals surface area contributed by atoms with Gasteiger partial charge in [0.2, 0.25) is 0 Å². The monoisotopic (exact) mass is 452 g/mol. The van der Waals surface area contributed by atoms with E-state index in [2.05, 4.69) is 15.7 Å². The summed E-state index contributed by atoms with van der Waals surface area (Å²) in [6, 6.07) is 26.2. The zero-order chi connectivity index (χ0) is 23.3. The highest BCUT2D eigenvalue weighted by atomic mass is 16.5. The van der Waals surface area contributed by atoms with Gasteiger partial charge >= 0.3 is 0 Å². The second kappa shape index (κ2) is 9.62. The molecule has 0 atom stereocenters. The summed E-state index contributed by atoms with van der Waals surface area (Å²) in [5.41, 5.74) is 2.16. The van der Waals surface area contributed by atoms with Crippen LogP contribution in [0.3, 0.4) is 0 Å². The third-order valence-electron chi connectivity index (χ3n) is 5.48. The largest absolute Gasteiger partial charge is 0.453 e. The summed E-state index contributed by atoms with van der Waals surface area (Å²) in [6.45, 7) is 0.334. The average molecular weight is 453 g/mol. The summed E-state index contributed by atoms with van der Waals surface area (Å²) in [4.78, 5) is 25.7. The van der Waals surface area contributed by atoms with Gasteiger partial charge in [-0.2, -0.15) is 5.10 Å². The number of para-hydroxylation sites is 1. The van der Waals surface area contributed by atoms with Gasteiger partial charge in [0.25, 0.3) is 11.5 Å². The van der Waals surface area contributed by atoms with Crippen LogP contribution in [0.2, 0.25) is 0 Å². The number of nitrogens with zero attached hydrogens (tertiary/aromatic N) is 2. The minimum Gasteiger partial charge on any atom is -0.453 e. The van der Waals surface area contributed by atoms with Crippen LogP contribution in [0.1, 0.15) is 28.8 Å². The number of aromatic nitrogens is 2. The molecule has 3 aromatic carbocycles. The van der Waals surface area contributed by atoms with Crippen LogP contribution >= 0.6 is 0 Å². The van der Waals surface area contributed by atoms with Crippen molar-refractivity contribution >= 4 is 17.3 Å². The van der Waals surface area contributed by atoms with E-state index in [1.807, 2.05) is 60.7 Å². The fourth-order valence-electron chi connectivity index (χ4n) is 3.50. The van der Waals surface area contributed by atoms with Gasteiger partial charge in [-0.1, -0.05) is 48.5 Å². The SMILES string of the molecule is O=C(NC1CC1)c1ccc(Nc2c(Oc3ccccc3)cnn(Cc3ccccc3)c2=O)cc1. The van der Waals surface area contributed by atoms with Crippen LogP contribution in [0.4, 0.5) is 11.4 Å². The zero-order valence-electron chi connectivity index (χ0n) is 18.5. The lowest BCUT2D eigenvalue weighted by molar-refractivity contribution is 0.0951. The van der Waals surface area contributed by atoms with E-state index in [1.54, 1.807) is 24.3 Å².